The zero-order valence-corrected chi connectivity index (χ0v) is 16.0. The van der Waals surface area contributed by atoms with Crippen LogP contribution in [0.2, 0.25) is 0 Å². The van der Waals surface area contributed by atoms with Crippen LogP contribution >= 0.6 is 11.3 Å². The molecule has 0 fully saturated rings. The van der Waals surface area contributed by atoms with Crippen LogP contribution in [0.4, 0.5) is 5.69 Å². The predicted molar refractivity (Wildman–Crippen MR) is 106 cm³/mol. The van der Waals surface area contributed by atoms with E-state index in [1.54, 1.807) is 36.6 Å². The SMILES string of the molecule is CCC(C)NC(=O)c1ccccc1NC(=O)Cc1csc(-c2ccco2)n1. The first kappa shape index (κ1) is 18.8. The molecule has 0 aliphatic carbocycles. The number of benzene rings is 1. The molecule has 0 aliphatic rings. The molecular weight excluding hydrogens is 362 g/mol. The molecule has 3 rings (SSSR count). The number of aromatic nitrogens is 1. The Balaban J connectivity index is 1.67. The van der Waals surface area contributed by atoms with Crippen LogP contribution in [-0.4, -0.2) is 22.8 Å². The minimum Gasteiger partial charge on any atom is -0.462 e. The van der Waals surface area contributed by atoms with Gasteiger partial charge in [-0.05, 0) is 37.6 Å². The summed E-state index contributed by atoms with van der Waals surface area (Å²) in [4.78, 5) is 29.3. The molecule has 0 aliphatic heterocycles. The lowest BCUT2D eigenvalue weighted by Crippen LogP contribution is -2.32. The summed E-state index contributed by atoms with van der Waals surface area (Å²) in [7, 11) is 0. The van der Waals surface area contributed by atoms with Crippen molar-refractivity contribution >= 4 is 28.8 Å². The molecule has 0 bridgehead atoms. The van der Waals surface area contributed by atoms with Crippen LogP contribution in [0.1, 0.15) is 36.3 Å². The van der Waals surface area contributed by atoms with Crippen LogP contribution in [0.15, 0.2) is 52.5 Å². The van der Waals surface area contributed by atoms with E-state index in [2.05, 4.69) is 15.6 Å². The number of anilines is 1. The first-order valence-electron chi connectivity index (χ1n) is 8.74. The third-order valence-electron chi connectivity index (χ3n) is 4.06. The molecule has 7 heteroatoms. The number of carbonyl (C=O) groups excluding carboxylic acids is 2. The van der Waals surface area contributed by atoms with E-state index in [0.29, 0.717) is 22.7 Å². The van der Waals surface area contributed by atoms with Crippen LogP contribution in [-0.2, 0) is 11.2 Å². The molecule has 1 unspecified atom stereocenters. The van der Waals surface area contributed by atoms with Gasteiger partial charge in [0.05, 0.1) is 29.6 Å². The summed E-state index contributed by atoms with van der Waals surface area (Å²) in [6, 6.07) is 10.7. The largest absolute Gasteiger partial charge is 0.462 e. The summed E-state index contributed by atoms with van der Waals surface area (Å²) in [5.74, 6) is 0.253. The maximum Gasteiger partial charge on any atom is 0.253 e. The van der Waals surface area contributed by atoms with E-state index in [4.69, 9.17) is 4.42 Å². The zero-order valence-electron chi connectivity index (χ0n) is 15.2. The fraction of sp³-hybridized carbons (Fsp3) is 0.250. The molecule has 27 heavy (non-hydrogen) atoms. The van der Waals surface area contributed by atoms with Gasteiger partial charge in [-0.1, -0.05) is 19.1 Å². The lowest BCUT2D eigenvalue weighted by molar-refractivity contribution is -0.115. The minimum absolute atomic E-state index is 0.0660. The predicted octanol–water partition coefficient (Wildman–Crippen LogP) is 4.11. The Hall–Kier alpha value is -2.93. The van der Waals surface area contributed by atoms with Crippen molar-refractivity contribution in [2.75, 3.05) is 5.32 Å². The van der Waals surface area contributed by atoms with Crippen molar-refractivity contribution in [3.63, 3.8) is 0 Å². The van der Waals surface area contributed by atoms with E-state index < -0.39 is 0 Å². The molecular formula is C20H21N3O3S. The Morgan fingerprint density at radius 1 is 1.22 bits per heavy atom. The molecule has 1 aromatic carbocycles. The molecule has 1 atom stereocenters. The third-order valence-corrected chi connectivity index (χ3v) is 4.97. The maximum atomic E-state index is 12.4. The van der Waals surface area contributed by atoms with Gasteiger partial charge in [0.2, 0.25) is 5.91 Å². The summed E-state index contributed by atoms with van der Waals surface area (Å²) in [5, 5.41) is 8.30. The number of nitrogens with one attached hydrogen (secondary N) is 2. The number of para-hydroxylation sites is 1. The molecule has 0 saturated heterocycles. The lowest BCUT2D eigenvalue weighted by atomic mass is 10.1. The van der Waals surface area contributed by atoms with Crippen molar-refractivity contribution in [1.29, 1.82) is 0 Å². The average Bonchev–Trinajstić information content (AvgIpc) is 3.33. The van der Waals surface area contributed by atoms with E-state index in [1.165, 1.54) is 11.3 Å². The Morgan fingerprint density at radius 2 is 2.04 bits per heavy atom. The second-order valence-corrected chi connectivity index (χ2v) is 7.03. The summed E-state index contributed by atoms with van der Waals surface area (Å²) < 4.78 is 5.32. The summed E-state index contributed by atoms with van der Waals surface area (Å²) >= 11 is 1.42. The van der Waals surface area contributed by atoms with Crippen molar-refractivity contribution < 1.29 is 14.0 Å². The highest BCUT2D eigenvalue weighted by molar-refractivity contribution is 7.13. The van der Waals surface area contributed by atoms with Gasteiger partial charge in [-0.3, -0.25) is 9.59 Å². The summed E-state index contributed by atoms with van der Waals surface area (Å²) in [6.07, 6.45) is 2.55. The standard InChI is InChI=1S/C20H21N3O3S/c1-3-13(2)21-19(25)15-7-4-5-8-16(15)23-18(24)11-14-12-27-20(22-14)17-9-6-10-26-17/h4-10,12-13H,3,11H2,1-2H3,(H,21,25)(H,23,24). The van der Waals surface area contributed by atoms with Gasteiger partial charge in [0.25, 0.3) is 5.91 Å². The number of hydrogen-bond donors (Lipinski definition) is 2. The third kappa shape index (κ3) is 4.83. The van der Waals surface area contributed by atoms with Gasteiger partial charge in [0.15, 0.2) is 10.8 Å². The zero-order chi connectivity index (χ0) is 19.2. The van der Waals surface area contributed by atoms with Crippen molar-refractivity contribution in [1.82, 2.24) is 10.3 Å². The van der Waals surface area contributed by atoms with Crippen LogP contribution in [0, 0.1) is 0 Å². The normalized spacial score (nSPS) is 11.8. The molecule has 2 amide bonds. The second kappa shape index (κ2) is 8.64. The maximum absolute atomic E-state index is 12.4. The quantitative estimate of drug-likeness (QED) is 0.643. The van der Waals surface area contributed by atoms with E-state index in [0.717, 1.165) is 11.4 Å². The van der Waals surface area contributed by atoms with Crippen LogP contribution in [0.3, 0.4) is 0 Å². The average molecular weight is 383 g/mol. The van der Waals surface area contributed by atoms with E-state index in [-0.39, 0.29) is 24.3 Å². The van der Waals surface area contributed by atoms with Gasteiger partial charge in [-0.25, -0.2) is 4.98 Å². The topological polar surface area (TPSA) is 84.2 Å². The number of nitrogens with zero attached hydrogens (tertiary/aromatic N) is 1. The Bertz CT molecular complexity index is 918. The summed E-state index contributed by atoms with van der Waals surface area (Å²) in [6.45, 7) is 3.95. The van der Waals surface area contributed by atoms with Gasteiger partial charge in [0.1, 0.15) is 0 Å². The molecule has 6 nitrogen and oxygen atoms in total. The molecule has 2 aromatic heterocycles. The molecule has 3 aromatic rings. The van der Waals surface area contributed by atoms with E-state index in [1.807, 2.05) is 25.3 Å². The highest BCUT2D eigenvalue weighted by atomic mass is 32.1. The van der Waals surface area contributed by atoms with Gasteiger partial charge < -0.3 is 15.1 Å². The number of rotatable bonds is 7. The molecule has 2 N–H and O–H groups in total. The Kier molecular flexibility index (Phi) is 6.03. The van der Waals surface area contributed by atoms with Crippen molar-refractivity contribution in [2.45, 2.75) is 32.7 Å². The molecule has 0 spiro atoms. The fourth-order valence-corrected chi connectivity index (χ4v) is 3.24. The smallest absolute Gasteiger partial charge is 0.253 e. The van der Waals surface area contributed by atoms with Crippen molar-refractivity contribution in [3.05, 3.63) is 59.3 Å². The first-order valence-corrected chi connectivity index (χ1v) is 9.62. The number of carbonyl (C=O) groups is 2. The molecule has 0 radical (unpaired) electrons. The minimum atomic E-state index is -0.227. The van der Waals surface area contributed by atoms with E-state index >= 15 is 0 Å². The lowest BCUT2D eigenvalue weighted by Gasteiger charge is -2.14. The highest BCUT2D eigenvalue weighted by Crippen LogP contribution is 2.24. The Labute approximate surface area is 161 Å². The first-order chi connectivity index (χ1) is 13.1. The van der Waals surface area contributed by atoms with Crippen LogP contribution < -0.4 is 10.6 Å². The van der Waals surface area contributed by atoms with Crippen LogP contribution in [0.5, 0.6) is 0 Å². The van der Waals surface area contributed by atoms with Crippen molar-refractivity contribution in [3.8, 4) is 10.8 Å². The van der Waals surface area contributed by atoms with Gasteiger partial charge in [-0.2, -0.15) is 0 Å². The van der Waals surface area contributed by atoms with Gasteiger partial charge in [-0.15, -0.1) is 11.3 Å². The summed E-state index contributed by atoms with van der Waals surface area (Å²) in [5.41, 5.74) is 1.59. The second-order valence-electron chi connectivity index (χ2n) is 6.17. The monoisotopic (exact) mass is 383 g/mol. The Morgan fingerprint density at radius 3 is 2.78 bits per heavy atom. The molecule has 2 heterocycles. The number of furan rings is 1. The fourth-order valence-electron chi connectivity index (χ4n) is 2.45. The molecule has 140 valence electrons. The number of hydrogen-bond acceptors (Lipinski definition) is 5. The molecule has 0 saturated carbocycles. The van der Waals surface area contributed by atoms with Gasteiger partial charge in [0, 0.05) is 11.4 Å². The van der Waals surface area contributed by atoms with Crippen molar-refractivity contribution in [2.24, 2.45) is 0 Å². The number of thiazole rings is 1. The highest BCUT2D eigenvalue weighted by Gasteiger charge is 2.16. The number of amides is 2. The van der Waals surface area contributed by atoms with Crippen LogP contribution in [0.25, 0.3) is 10.8 Å². The van der Waals surface area contributed by atoms with E-state index in [9.17, 15) is 9.59 Å². The van der Waals surface area contributed by atoms with Gasteiger partial charge >= 0.3 is 0 Å².